The normalized spacial score (nSPS) is 22.4. The second-order valence-electron chi connectivity index (χ2n) is 10.6. The number of anilines is 1. The number of carbonyl (C=O) groups excluding carboxylic acids is 1. The molecule has 5 rings (SSSR count). The molecular formula is C29H37ClFN3O4. The fraction of sp³-hybridized carbons (Fsp3) is 0.552. The Morgan fingerprint density at radius 3 is 2.55 bits per heavy atom. The molecule has 0 aliphatic carbocycles. The third-order valence-electron chi connectivity index (χ3n) is 7.87. The number of rotatable bonds is 9. The summed E-state index contributed by atoms with van der Waals surface area (Å²) >= 11 is 6.57. The predicted octanol–water partition coefficient (Wildman–Crippen LogP) is 4.18. The Hall–Kier alpha value is -2.39. The van der Waals surface area contributed by atoms with Crippen LogP contribution in [0.3, 0.4) is 0 Å². The lowest BCUT2D eigenvalue weighted by Gasteiger charge is -2.30. The van der Waals surface area contributed by atoms with Gasteiger partial charge < -0.3 is 29.7 Å². The van der Waals surface area contributed by atoms with Gasteiger partial charge in [0.25, 0.3) is 0 Å². The van der Waals surface area contributed by atoms with Crippen molar-refractivity contribution in [3.8, 4) is 5.75 Å². The number of benzene rings is 2. The molecule has 3 aliphatic heterocycles. The Morgan fingerprint density at radius 1 is 1.11 bits per heavy atom. The van der Waals surface area contributed by atoms with Gasteiger partial charge in [-0.1, -0.05) is 17.7 Å². The van der Waals surface area contributed by atoms with E-state index < -0.39 is 12.1 Å². The Labute approximate surface area is 228 Å². The Morgan fingerprint density at radius 2 is 1.84 bits per heavy atom. The van der Waals surface area contributed by atoms with E-state index in [1.165, 1.54) is 12.1 Å². The molecule has 9 heteroatoms. The van der Waals surface area contributed by atoms with Crippen LogP contribution in [0.5, 0.6) is 5.75 Å². The molecule has 0 radical (unpaired) electrons. The van der Waals surface area contributed by atoms with Crippen molar-refractivity contribution in [2.24, 2.45) is 5.92 Å². The van der Waals surface area contributed by atoms with Gasteiger partial charge in [0.2, 0.25) is 5.91 Å². The molecule has 206 valence electrons. The van der Waals surface area contributed by atoms with Crippen LogP contribution >= 0.6 is 11.6 Å². The van der Waals surface area contributed by atoms with E-state index in [-0.39, 0.29) is 23.7 Å². The molecule has 3 atom stereocenters. The van der Waals surface area contributed by atoms with Gasteiger partial charge in [-0.2, -0.15) is 0 Å². The maximum Gasteiger partial charge on any atom is 0.225 e. The monoisotopic (exact) mass is 545 g/mol. The van der Waals surface area contributed by atoms with Crippen molar-refractivity contribution in [1.82, 2.24) is 10.2 Å². The first-order valence-corrected chi connectivity index (χ1v) is 14.1. The van der Waals surface area contributed by atoms with E-state index in [4.69, 9.17) is 21.1 Å². The fourth-order valence-electron chi connectivity index (χ4n) is 5.63. The van der Waals surface area contributed by atoms with E-state index in [1.54, 1.807) is 18.2 Å². The van der Waals surface area contributed by atoms with Crippen LogP contribution in [0.4, 0.5) is 10.1 Å². The molecule has 2 N–H and O–H groups in total. The van der Waals surface area contributed by atoms with Gasteiger partial charge >= 0.3 is 0 Å². The van der Waals surface area contributed by atoms with Gasteiger partial charge in [-0.25, -0.2) is 4.39 Å². The summed E-state index contributed by atoms with van der Waals surface area (Å²) in [5.41, 5.74) is 1.56. The van der Waals surface area contributed by atoms with Crippen LogP contribution in [0.2, 0.25) is 5.02 Å². The highest BCUT2D eigenvalue weighted by Crippen LogP contribution is 2.32. The second-order valence-corrected chi connectivity index (χ2v) is 11.0. The molecule has 38 heavy (non-hydrogen) atoms. The van der Waals surface area contributed by atoms with Crippen LogP contribution in [-0.2, 0) is 9.53 Å². The average Bonchev–Trinajstić information content (AvgIpc) is 3.63. The minimum atomic E-state index is -0.913. The molecule has 7 nitrogen and oxygen atoms in total. The van der Waals surface area contributed by atoms with Gasteiger partial charge in [-0.3, -0.25) is 4.79 Å². The summed E-state index contributed by atoms with van der Waals surface area (Å²) in [6.07, 6.45) is 3.75. The molecule has 0 spiro atoms. The molecule has 1 amide bonds. The van der Waals surface area contributed by atoms with Crippen LogP contribution in [0.15, 0.2) is 42.5 Å². The van der Waals surface area contributed by atoms with Gasteiger partial charge in [0.15, 0.2) is 0 Å². The summed E-state index contributed by atoms with van der Waals surface area (Å²) in [6.45, 7) is 5.14. The molecule has 3 aliphatic rings. The molecule has 0 aromatic heterocycles. The number of aliphatic hydroxyl groups excluding tert-OH is 1. The van der Waals surface area contributed by atoms with E-state index in [2.05, 4.69) is 15.1 Å². The number of hydrogen-bond donors (Lipinski definition) is 2. The first kappa shape index (κ1) is 27.2. The molecule has 3 unspecified atom stereocenters. The van der Waals surface area contributed by atoms with Gasteiger partial charge in [-0.05, 0) is 74.3 Å². The average molecular weight is 546 g/mol. The minimum Gasteiger partial charge on any atom is -0.489 e. The highest BCUT2D eigenvalue weighted by molar-refractivity contribution is 6.32. The standard InChI is InChI=1S/C29H37ClFN3O4/c30-25-17-20(3-8-27(25)38-24-10-15-37-16-11-24)28(35)26(19-33-12-1-2-13-33)32-29(36)21-9-14-34(18-21)23-6-4-22(31)5-7-23/h3-8,17,21,24,26,28,35H,1-2,9-16,18-19H2,(H,32,36). The van der Waals surface area contributed by atoms with E-state index >= 15 is 0 Å². The van der Waals surface area contributed by atoms with Crippen molar-refractivity contribution in [2.45, 2.75) is 50.4 Å². The van der Waals surface area contributed by atoms with Crippen molar-refractivity contribution >= 4 is 23.2 Å². The molecule has 0 saturated carbocycles. The summed E-state index contributed by atoms with van der Waals surface area (Å²) in [4.78, 5) is 17.7. The number of nitrogens with zero attached hydrogens (tertiary/aromatic N) is 2. The van der Waals surface area contributed by atoms with Crippen LogP contribution < -0.4 is 15.0 Å². The lowest BCUT2D eigenvalue weighted by molar-refractivity contribution is -0.126. The number of likely N-dealkylation sites (tertiary alicyclic amines) is 1. The van der Waals surface area contributed by atoms with Crippen molar-refractivity contribution in [1.29, 1.82) is 0 Å². The summed E-state index contributed by atoms with van der Waals surface area (Å²) in [6, 6.07) is 11.3. The summed E-state index contributed by atoms with van der Waals surface area (Å²) in [5, 5.41) is 15.0. The SMILES string of the molecule is O=C(NC(CN1CCCC1)C(O)c1ccc(OC2CCOCC2)c(Cl)c1)C1CCN(c2ccc(F)cc2)C1. The lowest BCUT2D eigenvalue weighted by Crippen LogP contribution is -2.48. The largest absolute Gasteiger partial charge is 0.489 e. The first-order chi connectivity index (χ1) is 18.5. The third-order valence-corrected chi connectivity index (χ3v) is 8.17. The zero-order valence-corrected chi connectivity index (χ0v) is 22.4. The van der Waals surface area contributed by atoms with Gasteiger partial charge in [0.1, 0.15) is 23.8 Å². The second kappa shape index (κ2) is 12.6. The zero-order valence-electron chi connectivity index (χ0n) is 21.7. The van der Waals surface area contributed by atoms with Gasteiger partial charge in [-0.15, -0.1) is 0 Å². The number of hydrogen-bond acceptors (Lipinski definition) is 6. The highest BCUT2D eigenvalue weighted by Gasteiger charge is 2.33. The number of aliphatic hydroxyl groups is 1. The number of amides is 1. The lowest BCUT2D eigenvalue weighted by atomic mass is 9.99. The van der Waals surface area contributed by atoms with Crippen molar-refractivity contribution in [3.05, 3.63) is 58.9 Å². The van der Waals surface area contributed by atoms with Crippen LogP contribution in [0.1, 0.15) is 43.8 Å². The van der Waals surface area contributed by atoms with E-state index in [0.717, 1.165) is 51.0 Å². The fourth-order valence-corrected chi connectivity index (χ4v) is 5.86. The number of ether oxygens (including phenoxy) is 2. The number of halogens is 2. The molecule has 3 heterocycles. The number of carbonyl (C=O) groups is 1. The molecule has 0 bridgehead atoms. The predicted molar refractivity (Wildman–Crippen MR) is 145 cm³/mol. The molecule has 3 saturated heterocycles. The van der Waals surface area contributed by atoms with Crippen molar-refractivity contribution in [2.75, 3.05) is 50.8 Å². The van der Waals surface area contributed by atoms with Gasteiger partial charge in [0.05, 0.1) is 30.2 Å². The summed E-state index contributed by atoms with van der Waals surface area (Å²) < 4.78 is 24.8. The molecule has 2 aromatic carbocycles. The molecule has 3 fully saturated rings. The van der Waals surface area contributed by atoms with Crippen LogP contribution in [0.25, 0.3) is 0 Å². The summed E-state index contributed by atoms with van der Waals surface area (Å²) in [5.74, 6) is 0.0568. The smallest absolute Gasteiger partial charge is 0.225 e. The summed E-state index contributed by atoms with van der Waals surface area (Å²) in [7, 11) is 0. The third kappa shape index (κ3) is 6.78. The zero-order chi connectivity index (χ0) is 26.5. The Kier molecular flexibility index (Phi) is 9.05. The quantitative estimate of drug-likeness (QED) is 0.492. The van der Waals surface area contributed by atoms with Crippen LogP contribution in [0, 0.1) is 11.7 Å². The van der Waals surface area contributed by atoms with Gasteiger partial charge in [0, 0.05) is 38.2 Å². The maximum atomic E-state index is 13.4. The van der Waals surface area contributed by atoms with E-state index in [1.807, 2.05) is 12.1 Å². The maximum absolute atomic E-state index is 13.4. The van der Waals surface area contributed by atoms with E-state index in [9.17, 15) is 14.3 Å². The minimum absolute atomic E-state index is 0.0663. The molecule has 2 aromatic rings. The molecular weight excluding hydrogens is 509 g/mol. The van der Waals surface area contributed by atoms with Crippen molar-refractivity contribution in [3.63, 3.8) is 0 Å². The first-order valence-electron chi connectivity index (χ1n) is 13.7. The Bertz CT molecular complexity index is 1080. The topological polar surface area (TPSA) is 74.3 Å². The van der Waals surface area contributed by atoms with E-state index in [0.29, 0.717) is 49.1 Å². The van der Waals surface area contributed by atoms with Crippen LogP contribution in [-0.4, -0.2) is 74.0 Å². The highest BCUT2D eigenvalue weighted by atomic mass is 35.5. The Balaban J connectivity index is 1.25. The van der Waals surface area contributed by atoms with Crippen molar-refractivity contribution < 1.29 is 23.8 Å². The number of nitrogens with one attached hydrogen (secondary N) is 1.